The van der Waals surface area contributed by atoms with Crippen molar-refractivity contribution in [3.05, 3.63) is 36.0 Å². The van der Waals surface area contributed by atoms with Gasteiger partial charge in [-0.1, -0.05) is 31.1 Å². The largest absolute Gasteiger partial charge is 0.496 e. The molecule has 0 fully saturated rings. The molecule has 1 aromatic heterocycles. The number of carbonyl (C=O) groups excluding carboxylic acids is 1. The summed E-state index contributed by atoms with van der Waals surface area (Å²) in [5.41, 5.74) is 1.59. The molecular formula is C19H26N2O3. The van der Waals surface area contributed by atoms with Crippen LogP contribution in [0.25, 0.3) is 11.3 Å². The third-order valence-electron chi connectivity index (χ3n) is 3.79. The van der Waals surface area contributed by atoms with Gasteiger partial charge in [-0.3, -0.25) is 4.79 Å². The van der Waals surface area contributed by atoms with Crippen molar-refractivity contribution in [2.45, 2.75) is 46.7 Å². The average Bonchev–Trinajstić information content (AvgIpc) is 3.00. The summed E-state index contributed by atoms with van der Waals surface area (Å²) in [4.78, 5) is 14.3. The number of methoxy groups -OCH3 is 1. The van der Waals surface area contributed by atoms with Gasteiger partial charge in [0, 0.05) is 18.5 Å². The molecule has 5 heteroatoms. The fourth-order valence-electron chi connectivity index (χ4n) is 2.56. The highest BCUT2D eigenvalue weighted by Gasteiger charge is 2.20. The first-order valence-electron chi connectivity index (χ1n) is 8.30. The van der Waals surface area contributed by atoms with Gasteiger partial charge in [-0.05, 0) is 31.9 Å². The van der Waals surface area contributed by atoms with Crippen molar-refractivity contribution in [1.29, 1.82) is 0 Å². The van der Waals surface area contributed by atoms with Crippen LogP contribution in [0, 0.1) is 5.92 Å². The highest BCUT2D eigenvalue weighted by Crippen LogP contribution is 2.30. The third kappa shape index (κ3) is 4.37. The van der Waals surface area contributed by atoms with Gasteiger partial charge >= 0.3 is 0 Å². The zero-order valence-corrected chi connectivity index (χ0v) is 15.1. The van der Waals surface area contributed by atoms with E-state index in [1.165, 1.54) is 0 Å². The Morgan fingerprint density at radius 1 is 1.25 bits per heavy atom. The lowest BCUT2D eigenvalue weighted by atomic mass is 10.1. The Morgan fingerprint density at radius 3 is 2.58 bits per heavy atom. The number of amides is 1. The van der Waals surface area contributed by atoms with Crippen LogP contribution in [-0.4, -0.2) is 29.1 Å². The maximum absolute atomic E-state index is 12.4. The standard InChI is InChI=1S/C19H26N2O3/c1-13(2)10-19(22)21(14(3)4)12-15-11-18(24-20-15)16-8-6-7-9-17(16)23-5/h6-9,11,13-14H,10,12H2,1-5H3. The highest BCUT2D eigenvalue weighted by atomic mass is 16.5. The van der Waals surface area contributed by atoms with Crippen LogP contribution >= 0.6 is 0 Å². The van der Waals surface area contributed by atoms with Crippen LogP contribution < -0.4 is 4.74 Å². The van der Waals surface area contributed by atoms with Gasteiger partial charge in [0.15, 0.2) is 5.76 Å². The SMILES string of the molecule is COc1ccccc1-c1cc(CN(C(=O)CC(C)C)C(C)C)no1. The van der Waals surface area contributed by atoms with Gasteiger partial charge in [-0.15, -0.1) is 0 Å². The van der Waals surface area contributed by atoms with Crippen molar-refractivity contribution in [3.63, 3.8) is 0 Å². The number of para-hydroxylation sites is 1. The minimum atomic E-state index is 0.114. The van der Waals surface area contributed by atoms with E-state index in [1.54, 1.807) is 7.11 Å². The Labute approximate surface area is 143 Å². The van der Waals surface area contributed by atoms with Crippen LogP contribution in [-0.2, 0) is 11.3 Å². The van der Waals surface area contributed by atoms with Gasteiger partial charge in [0.1, 0.15) is 11.4 Å². The summed E-state index contributed by atoms with van der Waals surface area (Å²) in [6.07, 6.45) is 0.537. The first kappa shape index (κ1) is 18.0. The number of benzene rings is 1. The Hall–Kier alpha value is -2.30. The maximum atomic E-state index is 12.4. The van der Waals surface area contributed by atoms with Gasteiger partial charge < -0.3 is 14.2 Å². The minimum Gasteiger partial charge on any atom is -0.496 e. The van der Waals surface area contributed by atoms with Gasteiger partial charge in [0.2, 0.25) is 5.91 Å². The second kappa shape index (κ2) is 7.99. The lowest BCUT2D eigenvalue weighted by molar-refractivity contribution is -0.134. The third-order valence-corrected chi connectivity index (χ3v) is 3.79. The molecule has 0 N–H and O–H groups in total. The molecule has 0 atom stereocenters. The van der Waals surface area contributed by atoms with Crippen molar-refractivity contribution < 1.29 is 14.1 Å². The van der Waals surface area contributed by atoms with Gasteiger partial charge in [0.05, 0.1) is 19.2 Å². The molecular weight excluding hydrogens is 304 g/mol. The molecule has 0 aliphatic rings. The highest BCUT2D eigenvalue weighted by molar-refractivity contribution is 5.76. The van der Waals surface area contributed by atoms with E-state index in [0.717, 1.165) is 17.0 Å². The summed E-state index contributed by atoms with van der Waals surface area (Å²) < 4.78 is 10.8. The van der Waals surface area contributed by atoms with Crippen molar-refractivity contribution in [2.75, 3.05) is 7.11 Å². The number of hydrogen-bond acceptors (Lipinski definition) is 4. The normalized spacial score (nSPS) is 11.1. The van der Waals surface area contributed by atoms with E-state index >= 15 is 0 Å². The lowest BCUT2D eigenvalue weighted by Crippen LogP contribution is -2.37. The number of carbonyl (C=O) groups is 1. The second-order valence-corrected chi connectivity index (χ2v) is 6.60. The predicted molar refractivity (Wildman–Crippen MR) is 93.6 cm³/mol. The molecule has 0 saturated heterocycles. The number of ether oxygens (including phenoxy) is 1. The minimum absolute atomic E-state index is 0.114. The van der Waals surface area contributed by atoms with E-state index in [4.69, 9.17) is 9.26 Å². The Kier molecular flexibility index (Phi) is 6.01. The van der Waals surface area contributed by atoms with E-state index in [0.29, 0.717) is 24.6 Å². The molecule has 0 saturated carbocycles. The molecule has 0 radical (unpaired) electrons. The lowest BCUT2D eigenvalue weighted by Gasteiger charge is -2.26. The molecule has 1 amide bonds. The summed E-state index contributed by atoms with van der Waals surface area (Å²) >= 11 is 0. The van der Waals surface area contributed by atoms with Crippen LogP contribution in [0.4, 0.5) is 0 Å². The zero-order valence-electron chi connectivity index (χ0n) is 15.1. The monoisotopic (exact) mass is 330 g/mol. The molecule has 2 rings (SSSR count). The topological polar surface area (TPSA) is 55.6 Å². The Bertz CT molecular complexity index is 677. The molecule has 0 aliphatic carbocycles. The van der Waals surface area contributed by atoms with Crippen LogP contribution in [0.5, 0.6) is 5.75 Å². The summed E-state index contributed by atoms with van der Waals surface area (Å²) in [5.74, 6) is 1.85. The fraction of sp³-hybridized carbons (Fsp3) is 0.474. The Balaban J connectivity index is 2.18. The molecule has 24 heavy (non-hydrogen) atoms. The van der Waals surface area contributed by atoms with E-state index < -0.39 is 0 Å². The van der Waals surface area contributed by atoms with E-state index in [-0.39, 0.29) is 11.9 Å². The first-order chi connectivity index (χ1) is 11.4. The number of hydrogen-bond donors (Lipinski definition) is 0. The van der Waals surface area contributed by atoms with Crippen molar-refractivity contribution in [1.82, 2.24) is 10.1 Å². The van der Waals surface area contributed by atoms with E-state index in [1.807, 2.05) is 62.9 Å². The molecule has 2 aromatic rings. The summed E-state index contributed by atoms with van der Waals surface area (Å²) in [5, 5.41) is 4.13. The second-order valence-electron chi connectivity index (χ2n) is 6.60. The Morgan fingerprint density at radius 2 is 1.96 bits per heavy atom. The first-order valence-corrected chi connectivity index (χ1v) is 8.30. The molecule has 5 nitrogen and oxygen atoms in total. The van der Waals surface area contributed by atoms with Gasteiger partial charge in [-0.25, -0.2) is 0 Å². The molecule has 0 spiro atoms. The summed E-state index contributed by atoms with van der Waals surface area (Å²) in [6.45, 7) is 8.57. The van der Waals surface area contributed by atoms with Crippen molar-refractivity contribution >= 4 is 5.91 Å². The van der Waals surface area contributed by atoms with E-state index in [9.17, 15) is 4.79 Å². The quantitative estimate of drug-likeness (QED) is 0.766. The van der Waals surface area contributed by atoms with Crippen molar-refractivity contribution in [2.24, 2.45) is 5.92 Å². The molecule has 1 aromatic carbocycles. The number of aromatic nitrogens is 1. The molecule has 0 bridgehead atoms. The van der Waals surface area contributed by atoms with Crippen LogP contribution in [0.3, 0.4) is 0 Å². The molecule has 0 unspecified atom stereocenters. The fourth-order valence-corrected chi connectivity index (χ4v) is 2.56. The maximum Gasteiger partial charge on any atom is 0.223 e. The number of nitrogens with zero attached hydrogens (tertiary/aromatic N) is 2. The molecule has 130 valence electrons. The average molecular weight is 330 g/mol. The van der Waals surface area contributed by atoms with Crippen molar-refractivity contribution in [3.8, 4) is 17.1 Å². The molecule has 1 heterocycles. The van der Waals surface area contributed by atoms with Gasteiger partial charge in [0.25, 0.3) is 0 Å². The number of rotatable bonds is 7. The smallest absolute Gasteiger partial charge is 0.223 e. The molecule has 0 aliphatic heterocycles. The van der Waals surface area contributed by atoms with E-state index in [2.05, 4.69) is 5.16 Å². The summed E-state index contributed by atoms with van der Waals surface area (Å²) in [7, 11) is 1.63. The van der Waals surface area contributed by atoms with Crippen LogP contribution in [0.1, 0.15) is 39.8 Å². The van der Waals surface area contributed by atoms with Crippen LogP contribution in [0.15, 0.2) is 34.9 Å². The van der Waals surface area contributed by atoms with Crippen LogP contribution in [0.2, 0.25) is 0 Å². The zero-order chi connectivity index (χ0) is 17.7. The predicted octanol–water partition coefficient (Wildman–Crippen LogP) is 4.13. The summed E-state index contributed by atoms with van der Waals surface area (Å²) in [6, 6.07) is 9.62. The van der Waals surface area contributed by atoms with Gasteiger partial charge in [-0.2, -0.15) is 0 Å².